The van der Waals surface area contributed by atoms with Crippen LogP contribution >= 0.6 is 0 Å². The van der Waals surface area contributed by atoms with Gasteiger partial charge in [-0.1, -0.05) is 64.2 Å². The molecule has 2 bridgehead atoms. The molecule has 8 rings (SSSR count). The first kappa shape index (κ1) is 103. The number of Topliss-reactive ketones (excluding diaryl/α,β-unsaturated/α-hetero) is 3. The number of aliphatic hydroxyl groups is 2. The molecule has 37 heteroatoms. The SMILES string of the molecule is CO[C@H]1C[C@@H]2CC[C@@H](C)[C@@](O)(O2)C(=O)C(=O)N2CCCC[C@H]2C(=O)O[C@H]([C@H](N)C[C@@H]2CC[C@@H](OC(=O)NCCOCCOCCOCCOCCC(=O)NCCOCCOCCOCCOCCC(=O)NCCCCn3nc(-c4ccc5oc(N)nc5c4)c4c(N)ncnc43)[C@H](OC)C2)CC(=O)[C@H](C)/C=C(\C)[C@@H](O)[C@@H](OC)C(=O)[C@H](C)C[C@H](C)/C=C/C=C/C=C/1C. The molecule has 15 atom stereocenters. The van der Waals surface area contributed by atoms with E-state index in [1.165, 1.54) is 20.5 Å². The monoisotopic (exact) mass is 1770 g/mol. The maximum Gasteiger partial charge on any atom is 0.407 e. The number of aromatic nitrogens is 5. The Morgan fingerprint density at radius 2 is 1.32 bits per heavy atom. The largest absolute Gasteiger partial charge is 0.459 e. The summed E-state index contributed by atoms with van der Waals surface area (Å²) >= 11 is 0. The summed E-state index contributed by atoms with van der Waals surface area (Å²) in [6.45, 7) is 17.0. The van der Waals surface area contributed by atoms with Crippen LogP contribution in [0.2, 0.25) is 0 Å². The number of carbonyl (C=O) groups excluding carboxylic acids is 8. The van der Waals surface area contributed by atoms with Gasteiger partial charge in [-0.15, -0.1) is 0 Å². The Labute approximate surface area is 737 Å². The molecule has 1 saturated carbocycles. The van der Waals surface area contributed by atoms with Crippen LogP contribution in [0.25, 0.3) is 33.4 Å². The third-order valence-electron chi connectivity index (χ3n) is 23.1. The van der Waals surface area contributed by atoms with E-state index >= 15 is 0 Å². The number of methoxy groups -OCH3 is 3. The van der Waals surface area contributed by atoms with E-state index in [9.17, 15) is 48.6 Å². The number of hydrogen-bond acceptors (Lipinski definition) is 32. The fourth-order valence-corrected chi connectivity index (χ4v) is 15.8. The van der Waals surface area contributed by atoms with Crippen LogP contribution < -0.4 is 33.2 Å². The van der Waals surface area contributed by atoms with Crippen LogP contribution in [0.4, 0.5) is 16.6 Å². The highest BCUT2D eigenvalue weighted by atomic mass is 16.6. The van der Waals surface area contributed by atoms with E-state index in [0.29, 0.717) is 183 Å². The van der Waals surface area contributed by atoms with Crippen molar-refractivity contribution < 1.29 is 119 Å². The number of nitrogens with one attached hydrogen (secondary N) is 3. The zero-order valence-corrected chi connectivity index (χ0v) is 74.7. The number of ketones is 3. The molecular weight excluding hydrogens is 1640 g/mol. The third kappa shape index (κ3) is 32.8. The number of amides is 4. The molecule has 3 fully saturated rings. The molecule has 37 nitrogen and oxygen atoms in total. The number of nitrogen functional groups attached to an aromatic ring is 2. The van der Waals surface area contributed by atoms with Crippen LogP contribution in [0.3, 0.4) is 0 Å². The lowest BCUT2D eigenvalue weighted by atomic mass is 9.80. The summed E-state index contributed by atoms with van der Waals surface area (Å²) in [5.74, 6) is -8.70. The number of aliphatic hydroxyl groups excluding tert-OH is 1. The van der Waals surface area contributed by atoms with Gasteiger partial charge in [-0.25, -0.2) is 24.2 Å². The number of rotatable bonds is 43. The number of alkyl carbamates (subject to hydrolysis) is 1. The van der Waals surface area contributed by atoms with E-state index in [1.54, 1.807) is 51.6 Å². The average molecular weight is 1770 g/mol. The molecule has 4 amide bonds. The number of fused-ring (bicyclic) bond motifs is 5. The van der Waals surface area contributed by atoms with Gasteiger partial charge in [0.25, 0.3) is 17.7 Å². The molecule has 2 saturated heterocycles. The van der Waals surface area contributed by atoms with Crippen molar-refractivity contribution in [3.05, 3.63) is 72.1 Å². The zero-order valence-electron chi connectivity index (χ0n) is 74.7. The number of allylic oxidation sites excluding steroid dienone is 6. The quantitative estimate of drug-likeness (QED) is 0.0104. The van der Waals surface area contributed by atoms with E-state index in [-0.39, 0.29) is 120 Å². The molecule has 11 N–H and O–H groups in total. The van der Waals surface area contributed by atoms with Crippen LogP contribution in [0.15, 0.2) is 76.5 Å². The minimum Gasteiger partial charge on any atom is -0.459 e. The molecule has 702 valence electrons. The zero-order chi connectivity index (χ0) is 90.9. The molecular formula is C89H136N12O25. The van der Waals surface area contributed by atoms with E-state index in [4.69, 9.17) is 93.0 Å². The summed E-state index contributed by atoms with van der Waals surface area (Å²) in [5, 5.41) is 37.6. The van der Waals surface area contributed by atoms with Crippen molar-refractivity contribution in [1.29, 1.82) is 0 Å². The summed E-state index contributed by atoms with van der Waals surface area (Å²) < 4.78 is 87.4. The van der Waals surface area contributed by atoms with Crippen LogP contribution in [0, 0.1) is 29.6 Å². The predicted octanol–water partition coefficient (Wildman–Crippen LogP) is 6.34. The number of piperidine rings is 1. The number of cyclic esters (lactones) is 1. The third-order valence-corrected chi connectivity index (χ3v) is 23.1. The molecule has 0 unspecified atom stereocenters. The van der Waals surface area contributed by atoms with E-state index in [2.05, 4.69) is 30.9 Å². The highest BCUT2D eigenvalue weighted by molar-refractivity contribution is 6.39. The standard InChI is InChI=1S/C89H136N12O25/c1-57-17-11-10-12-18-58(2)72(112-7)54-65-23-20-62(6)89(111,126-65)82(107)85(108)100-31-15-13-19-68(100)86(109)123-73(55-69(102)59(3)50-61(5)80(106)81(114-9)79(105)60(4)49-57)66(90)51-63-21-24-71(74(52-63)113-8)125-88(110)95-30-36-118-40-44-122-48-46-120-42-38-116-34-27-76(104)94-29-35-117-39-43-121-47-45-119-41-37-115-33-26-75(103)93-28-14-16-32-101-84-77(83(91)96-56-97-84)78(99-101)64-22-25-70-67(53-64)98-87(92)124-70/h10-12,17-18,22,25,50,53,56-57,59-60,62-63,65-66,68,71-74,80-81,106,111H,13-16,19-21,23-24,26-49,51-52,54-55,90H2,1-9H3,(H2,92,98)(H,93,103)(H,94,104)(H,95,110)(H2,91,96,97)/b12-10+,17-11+,58-18+,61-50+/t57-,59-,60-,62-,63+,65+,66-,68+,71-,72+,73+,74-,80-,81+,89-/m1/s1. The van der Waals surface area contributed by atoms with Gasteiger partial charge >= 0.3 is 12.1 Å². The fraction of sp³-hybridized carbons (Fsp3) is 0.685. The number of hydrogen-bond donors (Lipinski definition) is 8. The topological polar surface area (TPSA) is 493 Å². The predicted molar refractivity (Wildman–Crippen MR) is 464 cm³/mol. The van der Waals surface area contributed by atoms with E-state index in [0.717, 1.165) is 28.9 Å². The number of oxazole rings is 1. The Morgan fingerprint density at radius 3 is 1.96 bits per heavy atom. The molecule has 1 aromatic carbocycles. The molecule has 3 aliphatic heterocycles. The highest BCUT2D eigenvalue weighted by Gasteiger charge is 2.53. The van der Waals surface area contributed by atoms with Crippen LogP contribution in [-0.4, -0.2) is 301 Å². The van der Waals surface area contributed by atoms with Crippen molar-refractivity contribution >= 4 is 81.1 Å². The van der Waals surface area contributed by atoms with Gasteiger partial charge in [0, 0.05) is 109 Å². The maximum absolute atomic E-state index is 14.7. The molecule has 126 heavy (non-hydrogen) atoms. The van der Waals surface area contributed by atoms with E-state index in [1.807, 2.05) is 56.4 Å². The Bertz CT molecular complexity index is 4200. The molecule has 6 heterocycles. The maximum atomic E-state index is 14.7. The second-order valence-corrected chi connectivity index (χ2v) is 32.7. The number of anilines is 2. The Hall–Kier alpha value is -8.64. The van der Waals surface area contributed by atoms with Gasteiger partial charge < -0.3 is 119 Å². The van der Waals surface area contributed by atoms with Gasteiger partial charge in [0.1, 0.15) is 59.6 Å². The van der Waals surface area contributed by atoms with Crippen molar-refractivity contribution in [2.75, 3.05) is 165 Å². The Balaban J connectivity index is 0.635. The molecule has 3 aromatic heterocycles. The minimum absolute atomic E-state index is 0.00411. The number of esters is 1. The molecule has 1 aliphatic carbocycles. The first-order chi connectivity index (χ1) is 60.7. The van der Waals surface area contributed by atoms with Crippen molar-refractivity contribution in [1.82, 2.24) is 45.6 Å². The lowest BCUT2D eigenvalue weighted by molar-refractivity contribution is -0.265. The lowest BCUT2D eigenvalue weighted by Gasteiger charge is -2.42. The number of nitrogens with zero attached hydrogens (tertiary/aromatic N) is 6. The summed E-state index contributed by atoms with van der Waals surface area (Å²) in [4.78, 5) is 124. The normalized spacial score (nSPS) is 26.5. The molecule has 4 aromatic rings. The number of carbonyl (C=O) groups is 8. The smallest absolute Gasteiger partial charge is 0.407 e. The van der Waals surface area contributed by atoms with Gasteiger partial charge in [0.2, 0.25) is 17.6 Å². The average Bonchev–Trinajstić information content (AvgIpc) is 1.41. The second kappa shape index (κ2) is 54.6. The van der Waals surface area contributed by atoms with Gasteiger partial charge in [-0.05, 0) is 132 Å². The van der Waals surface area contributed by atoms with Crippen molar-refractivity contribution in [3.63, 3.8) is 0 Å². The number of unbranched alkanes of at least 4 members (excludes halogenated alkanes) is 1. The Morgan fingerprint density at radius 1 is 0.683 bits per heavy atom. The van der Waals surface area contributed by atoms with Crippen molar-refractivity contribution in [3.8, 4) is 11.3 Å². The second-order valence-electron chi connectivity index (χ2n) is 32.7. The lowest BCUT2D eigenvalue weighted by Crippen LogP contribution is -2.61. The first-order valence-electron chi connectivity index (χ1n) is 44.2. The summed E-state index contributed by atoms with van der Waals surface area (Å²) in [6.07, 6.45) is 11.3. The van der Waals surface area contributed by atoms with Crippen molar-refractivity contribution in [2.24, 2.45) is 35.3 Å². The molecule has 0 radical (unpaired) electrons. The number of aryl methyl sites for hydroxylation is 1. The van der Waals surface area contributed by atoms with Crippen LogP contribution in [0.1, 0.15) is 144 Å². The van der Waals surface area contributed by atoms with Crippen molar-refractivity contribution in [2.45, 2.75) is 211 Å². The summed E-state index contributed by atoms with van der Waals surface area (Å²) in [5.41, 5.74) is 23.4. The number of benzene rings is 1. The van der Waals surface area contributed by atoms with Crippen LogP contribution in [-0.2, 0) is 106 Å². The summed E-state index contributed by atoms with van der Waals surface area (Å²) in [6, 6.07) is 3.32. The highest BCUT2D eigenvalue weighted by Crippen LogP contribution is 2.39. The molecule has 0 spiro atoms. The summed E-state index contributed by atoms with van der Waals surface area (Å²) in [7, 11) is 4.42. The number of nitrogens with two attached hydrogens (primary N) is 3. The van der Waals surface area contributed by atoms with E-state index < -0.39 is 108 Å². The van der Waals surface area contributed by atoms with Gasteiger partial charge in [-0.2, -0.15) is 10.1 Å². The van der Waals surface area contributed by atoms with Crippen LogP contribution in [0.5, 0.6) is 0 Å². The Kier molecular flexibility index (Phi) is 44.5. The van der Waals surface area contributed by atoms with Gasteiger partial charge in [0.05, 0.1) is 129 Å². The van der Waals surface area contributed by atoms with Gasteiger partial charge in [0.15, 0.2) is 17.0 Å². The fourth-order valence-electron chi connectivity index (χ4n) is 15.8. The number of ether oxygens (including phenoxy) is 14. The minimum atomic E-state index is -2.51. The molecule has 4 aliphatic rings. The van der Waals surface area contributed by atoms with Gasteiger partial charge in [-0.3, -0.25) is 28.8 Å². The first-order valence-corrected chi connectivity index (χ1v) is 44.2.